The zero-order valence-electron chi connectivity index (χ0n) is 17.5. The van der Waals surface area contributed by atoms with Crippen LogP contribution in [-0.2, 0) is 6.54 Å². The molecule has 0 saturated carbocycles. The van der Waals surface area contributed by atoms with Crippen molar-refractivity contribution in [1.29, 1.82) is 0 Å². The summed E-state index contributed by atoms with van der Waals surface area (Å²) in [6.45, 7) is 1.52. The van der Waals surface area contributed by atoms with Crippen molar-refractivity contribution in [3.63, 3.8) is 0 Å². The number of nitrogens with zero attached hydrogens (tertiary/aromatic N) is 1. The lowest BCUT2D eigenvalue weighted by Crippen LogP contribution is -2.11. The summed E-state index contributed by atoms with van der Waals surface area (Å²) < 4.78 is 19.2. The van der Waals surface area contributed by atoms with E-state index in [1.165, 1.54) is 0 Å². The molecule has 0 radical (unpaired) electrons. The fourth-order valence-corrected chi connectivity index (χ4v) is 4.09. The van der Waals surface area contributed by atoms with Crippen molar-refractivity contribution in [3.05, 3.63) is 53.7 Å². The van der Waals surface area contributed by atoms with Gasteiger partial charge in [0, 0.05) is 18.3 Å². The molecule has 3 aromatic rings. The lowest BCUT2D eigenvalue weighted by Gasteiger charge is -2.22. The summed E-state index contributed by atoms with van der Waals surface area (Å²) in [5, 5.41) is 22.9. The van der Waals surface area contributed by atoms with E-state index in [0.717, 1.165) is 43.1 Å². The largest absolute Gasteiger partial charge is 0.493 e. The molecule has 0 amide bonds. The van der Waals surface area contributed by atoms with E-state index in [1.54, 1.807) is 26.4 Å². The summed E-state index contributed by atoms with van der Waals surface area (Å²) in [4.78, 5) is 0. The molecular formula is C24H29NO5. The summed E-state index contributed by atoms with van der Waals surface area (Å²) in [6, 6.07) is 11.3. The van der Waals surface area contributed by atoms with Gasteiger partial charge >= 0.3 is 0 Å². The molecule has 4 aliphatic heterocycles. The van der Waals surface area contributed by atoms with Gasteiger partial charge in [0.25, 0.3) is 0 Å². The highest BCUT2D eigenvalue weighted by Crippen LogP contribution is 2.42. The molecule has 6 heteroatoms. The van der Waals surface area contributed by atoms with Crippen molar-refractivity contribution in [2.75, 3.05) is 20.8 Å². The molecule has 0 saturated heterocycles. The monoisotopic (exact) mass is 411 g/mol. The first-order valence-corrected chi connectivity index (χ1v) is 10.5. The highest BCUT2D eigenvalue weighted by Gasteiger charge is 2.25. The first kappa shape index (κ1) is 20.6. The number of aromatic nitrogens is 1. The van der Waals surface area contributed by atoms with Crippen LogP contribution in [0.2, 0.25) is 0 Å². The van der Waals surface area contributed by atoms with E-state index in [1.807, 2.05) is 18.2 Å². The van der Waals surface area contributed by atoms with Crippen LogP contribution in [0.25, 0.3) is 10.9 Å². The number of rotatable bonds is 2. The summed E-state index contributed by atoms with van der Waals surface area (Å²) in [7, 11) is 3.11. The number of methoxy groups -OCH3 is 2. The quantitative estimate of drug-likeness (QED) is 0.655. The predicted octanol–water partition coefficient (Wildman–Crippen LogP) is 4.38. The van der Waals surface area contributed by atoms with Crippen LogP contribution >= 0.6 is 0 Å². The zero-order chi connectivity index (χ0) is 21.1. The number of hydrogen-bond donors (Lipinski definition) is 2. The number of hydrogen-bond acceptors (Lipinski definition) is 5. The zero-order valence-corrected chi connectivity index (χ0v) is 17.5. The minimum Gasteiger partial charge on any atom is -0.493 e. The summed E-state index contributed by atoms with van der Waals surface area (Å²) in [5.74, 6) is 1.47. The van der Waals surface area contributed by atoms with E-state index >= 15 is 0 Å². The molecule has 1 aromatic heterocycles. The molecule has 2 aromatic carbocycles. The van der Waals surface area contributed by atoms with Crippen molar-refractivity contribution in [3.8, 4) is 17.2 Å². The maximum atomic E-state index is 10.9. The van der Waals surface area contributed by atoms with Crippen LogP contribution in [0.15, 0.2) is 42.6 Å². The Kier molecular flexibility index (Phi) is 6.16. The molecule has 0 spiro atoms. The third-order valence-corrected chi connectivity index (χ3v) is 5.80. The maximum absolute atomic E-state index is 10.9. The molecular weight excluding hydrogens is 382 g/mol. The fourth-order valence-electron chi connectivity index (χ4n) is 4.09. The van der Waals surface area contributed by atoms with Crippen LogP contribution < -0.4 is 14.2 Å². The molecule has 7 rings (SSSR count). The highest BCUT2D eigenvalue weighted by atomic mass is 16.5. The topological polar surface area (TPSA) is 73.1 Å². The van der Waals surface area contributed by atoms with Gasteiger partial charge in [-0.15, -0.1) is 0 Å². The van der Waals surface area contributed by atoms with Crippen LogP contribution in [0.3, 0.4) is 0 Å². The van der Waals surface area contributed by atoms with Crippen LogP contribution in [-0.4, -0.2) is 35.6 Å². The van der Waals surface area contributed by atoms with E-state index in [4.69, 9.17) is 14.2 Å². The van der Waals surface area contributed by atoms with Gasteiger partial charge in [0.05, 0.1) is 20.8 Å². The Labute approximate surface area is 176 Å². The smallest absolute Gasteiger partial charge is 0.203 e. The standard InChI is InChI=1S/C24H29NO5/c1-28-20-14-18-15-21(29-2)24(20)30-12-6-4-3-5-10-25-11-9-16-13-17(7-8-19(16)25)22(26)23(18)27/h7-9,11,13-15,22-23,26-27H,3-6,10,12H2,1-2H3/t22-,23+/m1/s1. The summed E-state index contributed by atoms with van der Waals surface area (Å²) in [6.07, 6.45) is 4.09. The van der Waals surface area contributed by atoms with Crippen molar-refractivity contribution in [1.82, 2.24) is 4.57 Å². The molecule has 6 nitrogen and oxygen atoms in total. The van der Waals surface area contributed by atoms with Crippen molar-refractivity contribution >= 4 is 10.9 Å². The molecule has 6 bridgehead atoms. The highest BCUT2D eigenvalue weighted by molar-refractivity contribution is 5.81. The van der Waals surface area contributed by atoms with Gasteiger partial charge in [-0.05, 0) is 59.7 Å². The van der Waals surface area contributed by atoms with E-state index in [2.05, 4.69) is 16.8 Å². The van der Waals surface area contributed by atoms with Crippen LogP contribution in [0.5, 0.6) is 17.2 Å². The van der Waals surface area contributed by atoms with Gasteiger partial charge in [0.1, 0.15) is 12.2 Å². The number of aryl methyl sites for hydroxylation is 1. The Bertz CT molecular complexity index is 987. The maximum Gasteiger partial charge on any atom is 0.203 e. The number of ether oxygens (including phenoxy) is 3. The SMILES string of the molecule is COc1cc2cc(OC)c1OCCCCCCn1ccc3cc(ccc31)[C@@H](O)[C@H]2O. The Morgan fingerprint density at radius 1 is 0.867 bits per heavy atom. The Hall–Kier alpha value is -2.70. The van der Waals surface area contributed by atoms with Gasteiger partial charge in [-0.2, -0.15) is 0 Å². The van der Waals surface area contributed by atoms with E-state index in [9.17, 15) is 10.2 Å². The molecule has 0 fully saturated rings. The minimum atomic E-state index is -1.14. The minimum absolute atomic E-state index is 0.476. The normalized spacial score (nSPS) is 20.1. The van der Waals surface area contributed by atoms with Gasteiger partial charge in [-0.25, -0.2) is 0 Å². The molecule has 0 aliphatic carbocycles. The third-order valence-electron chi connectivity index (χ3n) is 5.80. The Morgan fingerprint density at radius 3 is 2.30 bits per heavy atom. The van der Waals surface area contributed by atoms with Gasteiger partial charge in [0.2, 0.25) is 5.75 Å². The molecule has 2 N–H and O–H groups in total. The van der Waals surface area contributed by atoms with E-state index in [-0.39, 0.29) is 0 Å². The third kappa shape index (κ3) is 3.98. The van der Waals surface area contributed by atoms with Crippen LogP contribution in [0, 0.1) is 0 Å². The van der Waals surface area contributed by atoms with Crippen molar-refractivity contribution < 1.29 is 24.4 Å². The lowest BCUT2D eigenvalue weighted by molar-refractivity contribution is 0.0170. The van der Waals surface area contributed by atoms with Crippen molar-refractivity contribution in [2.24, 2.45) is 0 Å². The first-order chi connectivity index (χ1) is 14.6. The van der Waals surface area contributed by atoms with E-state index in [0.29, 0.717) is 35.0 Å². The lowest BCUT2D eigenvalue weighted by atomic mass is 9.97. The van der Waals surface area contributed by atoms with Gasteiger partial charge in [0.15, 0.2) is 11.5 Å². The molecule has 0 unspecified atom stereocenters. The van der Waals surface area contributed by atoms with Gasteiger partial charge < -0.3 is 29.0 Å². The van der Waals surface area contributed by atoms with Gasteiger partial charge in [-0.3, -0.25) is 0 Å². The number of benzene rings is 2. The summed E-state index contributed by atoms with van der Waals surface area (Å²) >= 11 is 0. The summed E-state index contributed by atoms with van der Waals surface area (Å²) in [5.41, 5.74) is 2.30. The average molecular weight is 411 g/mol. The number of aliphatic hydroxyl groups is 2. The van der Waals surface area contributed by atoms with Gasteiger partial charge in [-0.1, -0.05) is 18.9 Å². The Balaban J connectivity index is 1.76. The van der Waals surface area contributed by atoms with Crippen molar-refractivity contribution in [2.45, 2.75) is 44.4 Å². The first-order valence-electron chi connectivity index (χ1n) is 10.5. The van der Waals surface area contributed by atoms with E-state index < -0.39 is 12.2 Å². The number of aliphatic hydroxyl groups excluding tert-OH is 2. The molecule has 2 atom stereocenters. The fraction of sp³-hybridized carbons (Fsp3) is 0.417. The predicted molar refractivity (Wildman–Crippen MR) is 115 cm³/mol. The van der Waals surface area contributed by atoms with Crippen LogP contribution in [0.4, 0.5) is 0 Å². The molecule has 160 valence electrons. The molecule has 4 aliphatic rings. The second-order valence-electron chi connectivity index (χ2n) is 7.73. The van der Waals surface area contributed by atoms with Crippen LogP contribution in [0.1, 0.15) is 49.0 Å². The molecule has 30 heavy (non-hydrogen) atoms. The molecule has 5 heterocycles. The second kappa shape index (κ2) is 8.98. The average Bonchev–Trinajstić information content (AvgIpc) is 3.18. The second-order valence-corrected chi connectivity index (χ2v) is 7.73. The Morgan fingerprint density at radius 2 is 1.57 bits per heavy atom.